The Labute approximate surface area is 112 Å². The Morgan fingerprint density at radius 1 is 1.22 bits per heavy atom. The van der Waals surface area contributed by atoms with Crippen LogP contribution in [0.2, 0.25) is 0 Å². The van der Waals surface area contributed by atoms with Crippen LogP contribution in [0.3, 0.4) is 0 Å². The monoisotopic (exact) mass is 248 g/mol. The fourth-order valence-corrected chi connectivity index (χ4v) is 2.54. The summed E-state index contributed by atoms with van der Waals surface area (Å²) in [5, 5.41) is 0. The fraction of sp³-hybridized carbons (Fsp3) is 0.625. The lowest BCUT2D eigenvalue weighted by molar-refractivity contribution is 0.189. The minimum atomic E-state index is 0.345. The average Bonchev–Trinajstić information content (AvgIpc) is 2.32. The molecule has 2 N–H and O–H groups in total. The van der Waals surface area contributed by atoms with E-state index in [9.17, 15) is 0 Å². The van der Waals surface area contributed by atoms with Crippen LogP contribution >= 0.6 is 0 Å². The van der Waals surface area contributed by atoms with Crippen LogP contribution in [0, 0.1) is 19.8 Å². The number of nitrogens with zero attached hydrogens (tertiary/aromatic N) is 1. The van der Waals surface area contributed by atoms with Crippen molar-refractivity contribution in [2.24, 2.45) is 11.7 Å². The standard InChI is InChI=1S/C16H28N2/c1-6-18(11-12(2)3)16(10-17)15-9-13(4)7-8-14(15)5/h7-9,12,16H,6,10-11,17H2,1-5H3. The van der Waals surface area contributed by atoms with Crippen molar-refractivity contribution in [2.75, 3.05) is 19.6 Å². The van der Waals surface area contributed by atoms with Crippen LogP contribution in [0.4, 0.5) is 0 Å². The van der Waals surface area contributed by atoms with Gasteiger partial charge in [-0.25, -0.2) is 0 Å². The quantitative estimate of drug-likeness (QED) is 0.837. The Balaban J connectivity index is 3.03. The number of hydrogen-bond donors (Lipinski definition) is 1. The number of rotatable bonds is 6. The van der Waals surface area contributed by atoms with Gasteiger partial charge in [-0.1, -0.05) is 44.5 Å². The van der Waals surface area contributed by atoms with Gasteiger partial charge in [-0.05, 0) is 37.4 Å². The van der Waals surface area contributed by atoms with Crippen molar-refractivity contribution >= 4 is 0 Å². The summed E-state index contributed by atoms with van der Waals surface area (Å²) in [7, 11) is 0. The van der Waals surface area contributed by atoms with E-state index in [1.165, 1.54) is 16.7 Å². The Morgan fingerprint density at radius 3 is 2.39 bits per heavy atom. The molecule has 18 heavy (non-hydrogen) atoms. The van der Waals surface area contributed by atoms with Gasteiger partial charge in [-0.2, -0.15) is 0 Å². The molecular formula is C16H28N2. The first-order chi connectivity index (χ1) is 8.49. The van der Waals surface area contributed by atoms with Crippen LogP contribution in [-0.2, 0) is 0 Å². The molecule has 1 aromatic rings. The molecule has 0 saturated carbocycles. The predicted molar refractivity (Wildman–Crippen MR) is 79.8 cm³/mol. The van der Waals surface area contributed by atoms with Crippen molar-refractivity contribution in [1.82, 2.24) is 4.90 Å². The summed E-state index contributed by atoms with van der Waals surface area (Å²) in [6, 6.07) is 7.01. The third-order valence-corrected chi connectivity index (χ3v) is 3.46. The lowest BCUT2D eigenvalue weighted by Gasteiger charge is -2.32. The zero-order valence-corrected chi connectivity index (χ0v) is 12.5. The SMILES string of the molecule is CCN(CC(C)C)C(CN)c1cc(C)ccc1C. The number of hydrogen-bond acceptors (Lipinski definition) is 2. The number of nitrogens with two attached hydrogens (primary N) is 1. The summed E-state index contributed by atoms with van der Waals surface area (Å²) in [5.74, 6) is 0.670. The zero-order valence-electron chi connectivity index (χ0n) is 12.5. The van der Waals surface area contributed by atoms with Crippen LogP contribution < -0.4 is 5.73 Å². The Kier molecular flexibility index (Phi) is 5.83. The fourth-order valence-electron chi connectivity index (χ4n) is 2.54. The minimum Gasteiger partial charge on any atom is -0.329 e. The Morgan fingerprint density at radius 2 is 1.89 bits per heavy atom. The molecule has 0 bridgehead atoms. The molecule has 1 rings (SSSR count). The van der Waals surface area contributed by atoms with Crippen molar-refractivity contribution in [3.63, 3.8) is 0 Å². The van der Waals surface area contributed by atoms with Gasteiger partial charge in [0, 0.05) is 19.1 Å². The minimum absolute atomic E-state index is 0.345. The van der Waals surface area contributed by atoms with Crippen molar-refractivity contribution in [2.45, 2.75) is 40.7 Å². The van der Waals surface area contributed by atoms with Gasteiger partial charge in [0.1, 0.15) is 0 Å². The number of benzene rings is 1. The molecule has 0 radical (unpaired) electrons. The molecule has 0 aliphatic carbocycles. The molecule has 1 unspecified atom stereocenters. The topological polar surface area (TPSA) is 29.3 Å². The van der Waals surface area contributed by atoms with Gasteiger partial charge in [-0.15, -0.1) is 0 Å². The largest absolute Gasteiger partial charge is 0.329 e. The molecule has 102 valence electrons. The highest BCUT2D eigenvalue weighted by Gasteiger charge is 2.20. The lowest BCUT2D eigenvalue weighted by Crippen LogP contribution is -2.36. The molecule has 0 amide bonds. The summed E-state index contributed by atoms with van der Waals surface area (Å²) in [6.07, 6.45) is 0. The highest BCUT2D eigenvalue weighted by atomic mass is 15.2. The highest BCUT2D eigenvalue weighted by molar-refractivity contribution is 5.33. The second-order valence-corrected chi connectivity index (χ2v) is 5.59. The summed E-state index contributed by atoms with van der Waals surface area (Å²) in [4.78, 5) is 2.49. The molecule has 2 nitrogen and oxygen atoms in total. The third-order valence-electron chi connectivity index (χ3n) is 3.46. The van der Waals surface area contributed by atoms with Gasteiger partial charge in [0.15, 0.2) is 0 Å². The van der Waals surface area contributed by atoms with Crippen molar-refractivity contribution in [3.8, 4) is 0 Å². The van der Waals surface area contributed by atoms with Crippen molar-refractivity contribution in [1.29, 1.82) is 0 Å². The second kappa shape index (κ2) is 6.91. The molecule has 0 aromatic heterocycles. The van der Waals surface area contributed by atoms with Crippen molar-refractivity contribution in [3.05, 3.63) is 34.9 Å². The molecule has 0 saturated heterocycles. The Hall–Kier alpha value is -0.860. The average molecular weight is 248 g/mol. The van der Waals surface area contributed by atoms with Crippen LogP contribution in [-0.4, -0.2) is 24.5 Å². The van der Waals surface area contributed by atoms with Crippen LogP contribution in [0.5, 0.6) is 0 Å². The first kappa shape index (κ1) is 15.2. The summed E-state index contributed by atoms with van der Waals surface area (Å²) < 4.78 is 0. The van der Waals surface area contributed by atoms with Crippen molar-refractivity contribution < 1.29 is 0 Å². The number of likely N-dealkylation sites (N-methyl/N-ethyl adjacent to an activating group) is 1. The summed E-state index contributed by atoms with van der Waals surface area (Å²) in [5.41, 5.74) is 10.1. The van der Waals surface area contributed by atoms with E-state index >= 15 is 0 Å². The Bertz CT molecular complexity index is 371. The van der Waals surface area contributed by atoms with Gasteiger partial charge >= 0.3 is 0 Å². The molecule has 0 fully saturated rings. The maximum Gasteiger partial charge on any atom is 0.0473 e. The molecule has 1 aromatic carbocycles. The van der Waals surface area contributed by atoms with Crippen LogP contribution in [0.15, 0.2) is 18.2 Å². The first-order valence-electron chi connectivity index (χ1n) is 7.00. The van der Waals surface area contributed by atoms with Gasteiger partial charge < -0.3 is 5.73 Å². The van der Waals surface area contributed by atoms with Crippen LogP contribution in [0.25, 0.3) is 0 Å². The molecule has 0 aliphatic rings. The lowest BCUT2D eigenvalue weighted by atomic mass is 9.97. The molecule has 0 spiro atoms. The van der Waals surface area contributed by atoms with E-state index in [1.807, 2.05) is 0 Å². The normalized spacial score (nSPS) is 13.3. The summed E-state index contributed by atoms with van der Waals surface area (Å²) in [6.45, 7) is 13.9. The maximum atomic E-state index is 6.03. The van der Waals surface area contributed by atoms with E-state index in [2.05, 4.69) is 57.7 Å². The zero-order chi connectivity index (χ0) is 13.7. The molecule has 2 heteroatoms. The summed E-state index contributed by atoms with van der Waals surface area (Å²) >= 11 is 0. The van der Waals surface area contributed by atoms with E-state index in [1.54, 1.807) is 0 Å². The van der Waals surface area contributed by atoms with Gasteiger partial charge in [-0.3, -0.25) is 4.90 Å². The van der Waals surface area contributed by atoms with E-state index in [-0.39, 0.29) is 0 Å². The molecule has 1 atom stereocenters. The molecule has 0 heterocycles. The second-order valence-electron chi connectivity index (χ2n) is 5.59. The van der Waals surface area contributed by atoms with E-state index in [4.69, 9.17) is 5.73 Å². The van der Waals surface area contributed by atoms with Gasteiger partial charge in [0.2, 0.25) is 0 Å². The van der Waals surface area contributed by atoms with E-state index < -0.39 is 0 Å². The molecule has 0 aliphatic heterocycles. The first-order valence-corrected chi connectivity index (χ1v) is 7.00. The van der Waals surface area contributed by atoms with Crippen LogP contribution in [0.1, 0.15) is 43.5 Å². The van der Waals surface area contributed by atoms with Gasteiger partial charge in [0.05, 0.1) is 0 Å². The number of aryl methyl sites for hydroxylation is 2. The van der Waals surface area contributed by atoms with Gasteiger partial charge in [0.25, 0.3) is 0 Å². The smallest absolute Gasteiger partial charge is 0.0473 e. The van der Waals surface area contributed by atoms with E-state index in [0.717, 1.165) is 13.1 Å². The predicted octanol–water partition coefficient (Wildman–Crippen LogP) is 3.28. The maximum absolute atomic E-state index is 6.03. The third kappa shape index (κ3) is 3.82. The van der Waals surface area contributed by atoms with E-state index in [0.29, 0.717) is 18.5 Å². The highest BCUT2D eigenvalue weighted by Crippen LogP contribution is 2.24. The molecular weight excluding hydrogens is 220 g/mol.